The van der Waals surface area contributed by atoms with E-state index in [9.17, 15) is 0 Å². The van der Waals surface area contributed by atoms with Crippen molar-refractivity contribution in [1.29, 1.82) is 0 Å². The van der Waals surface area contributed by atoms with Crippen molar-refractivity contribution in [2.24, 2.45) is 0 Å². The van der Waals surface area contributed by atoms with Crippen molar-refractivity contribution >= 4 is 22.7 Å². The Labute approximate surface area is 262 Å². The molecule has 2 heterocycles. The van der Waals surface area contributed by atoms with Gasteiger partial charge in [-0.05, 0) is 75.6 Å². The van der Waals surface area contributed by atoms with Crippen LogP contribution in [-0.2, 0) is 0 Å². The maximum absolute atomic E-state index is 2.14. The average Bonchev–Trinajstić information content (AvgIpc) is 3.61. The molecule has 0 atom stereocenters. The van der Waals surface area contributed by atoms with Crippen LogP contribution in [0, 0.1) is 41.5 Å². The maximum atomic E-state index is 2.14. The van der Waals surface area contributed by atoms with Crippen LogP contribution in [0.1, 0.15) is 115 Å². The molecule has 2 aromatic heterocycles. The van der Waals surface area contributed by atoms with Gasteiger partial charge in [-0.1, -0.05) is 155 Å². The van der Waals surface area contributed by atoms with Crippen LogP contribution in [0.15, 0.2) is 83.6 Å². The highest BCUT2D eigenvalue weighted by molar-refractivity contribution is 7.10. The molecule has 2 heteroatoms. The number of rotatable bonds is 0. The predicted molar refractivity (Wildman–Crippen MR) is 198 cm³/mol. The largest absolute Gasteiger partial charge is 0.149 e. The van der Waals surface area contributed by atoms with Crippen LogP contribution in [0.5, 0.6) is 0 Å². The van der Waals surface area contributed by atoms with E-state index in [0.717, 1.165) is 0 Å². The first-order chi connectivity index (χ1) is 19.4. The van der Waals surface area contributed by atoms with Crippen molar-refractivity contribution in [2.45, 2.75) is 125 Å². The molecule has 0 saturated heterocycles. The van der Waals surface area contributed by atoms with E-state index in [1.807, 2.05) is 119 Å². The Morgan fingerprint density at radius 1 is 0.325 bits per heavy atom. The monoisotopic (exact) mass is 588 g/mol. The lowest BCUT2D eigenvalue weighted by Crippen LogP contribution is -1.62. The Kier molecular flexibility index (Phi) is 59.1. The third-order valence-electron chi connectivity index (χ3n) is 4.12. The van der Waals surface area contributed by atoms with E-state index < -0.39 is 0 Å². The Balaban J connectivity index is -0.0000000855. The van der Waals surface area contributed by atoms with E-state index >= 15 is 0 Å². The predicted octanol–water partition coefficient (Wildman–Crippen LogP) is 14.9. The van der Waals surface area contributed by atoms with Crippen LogP contribution >= 0.6 is 22.7 Å². The summed E-state index contributed by atoms with van der Waals surface area (Å²) >= 11 is 3.61. The second-order valence-electron chi connectivity index (χ2n) is 6.63. The Morgan fingerprint density at radius 2 is 0.550 bits per heavy atom. The van der Waals surface area contributed by atoms with Crippen LogP contribution in [-0.4, -0.2) is 0 Å². The number of hydrogen-bond donors (Lipinski definition) is 0. The molecule has 0 radical (unpaired) electrons. The molecule has 0 aliphatic carbocycles. The molecule has 0 unspecified atom stereocenters. The van der Waals surface area contributed by atoms with Gasteiger partial charge in [0.15, 0.2) is 0 Å². The van der Waals surface area contributed by atoms with Gasteiger partial charge in [0, 0.05) is 9.75 Å². The van der Waals surface area contributed by atoms with Gasteiger partial charge in [0.1, 0.15) is 0 Å². The first-order valence-electron chi connectivity index (χ1n) is 15.4. The Hall–Kier alpha value is -2.16. The molecule has 0 aliphatic heterocycles. The lowest BCUT2D eigenvalue weighted by Gasteiger charge is -1.82. The molecule has 2 aromatic carbocycles. The third kappa shape index (κ3) is 38.0. The first kappa shape index (κ1) is 50.7. The summed E-state index contributed by atoms with van der Waals surface area (Å²) in [5.41, 5.74) is 5.46. The maximum Gasteiger partial charge on any atom is 0.00433 e. The zero-order valence-electron chi connectivity index (χ0n) is 29.9. The summed E-state index contributed by atoms with van der Waals surface area (Å²) < 4.78 is 0. The summed E-state index contributed by atoms with van der Waals surface area (Å²) in [7, 11) is 0. The minimum absolute atomic E-state index is 1.32. The lowest BCUT2D eigenvalue weighted by molar-refractivity contribution is 1.44. The van der Waals surface area contributed by atoms with Gasteiger partial charge in [0.05, 0.1) is 0 Å². The number of thiophene rings is 2. The molecular formula is C38H68S2. The molecule has 4 rings (SSSR count). The van der Waals surface area contributed by atoms with Crippen molar-refractivity contribution in [2.75, 3.05) is 0 Å². The van der Waals surface area contributed by atoms with Gasteiger partial charge in [-0.25, -0.2) is 0 Å². The van der Waals surface area contributed by atoms with Gasteiger partial charge < -0.3 is 0 Å². The molecule has 0 amide bonds. The second-order valence-corrected chi connectivity index (χ2v) is 8.87. The lowest BCUT2D eigenvalue weighted by atomic mass is 10.2. The van der Waals surface area contributed by atoms with Crippen LogP contribution in [0.2, 0.25) is 0 Å². The van der Waals surface area contributed by atoms with Crippen LogP contribution in [0.25, 0.3) is 0 Å². The summed E-state index contributed by atoms with van der Waals surface area (Å²) in [5.74, 6) is 0. The SMILES string of the molecule is CC.CC.CC.CC.CC.CC.Cc1ccccc1.Cc1ccccc1.Cc1ccsc1C.Cc1ccsc1C. The number of hydrogen-bond acceptors (Lipinski definition) is 2. The molecule has 0 aliphatic rings. The van der Waals surface area contributed by atoms with Crippen LogP contribution in [0.4, 0.5) is 0 Å². The molecule has 232 valence electrons. The second kappa shape index (κ2) is 46.7. The van der Waals surface area contributed by atoms with Crippen molar-refractivity contribution < 1.29 is 0 Å². The minimum Gasteiger partial charge on any atom is -0.149 e. The highest BCUT2D eigenvalue weighted by Gasteiger charge is 1.87. The number of aryl methyl sites for hydroxylation is 6. The highest BCUT2D eigenvalue weighted by Crippen LogP contribution is 2.12. The van der Waals surface area contributed by atoms with E-state index in [-0.39, 0.29) is 0 Å². The van der Waals surface area contributed by atoms with Gasteiger partial charge in [0.2, 0.25) is 0 Å². The Morgan fingerprint density at radius 3 is 0.625 bits per heavy atom. The molecular weight excluding hydrogens is 521 g/mol. The fourth-order valence-electron chi connectivity index (χ4n) is 1.97. The molecule has 0 fully saturated rings. The highest BCUT2D eigenvalue weighted by atomic mass is 32.1. The van der Waals surface area contributed by atoms with E-state index in [1.54, 1.807) is 22.7 Å². The van der Waals surface area contributed by atoms with Gasteiger partial charge in [-0.2, -0.15) is 0 Å². The normalized spacial score (nSPS) is 7.25. The summed E-state index contributed by atoms with van der Waals surface area (Å²) in [6.45, 7) is 36.7. The van der Waals surface area contributed by atoms with Gasteiger partial charge in [-0.3, -0.25) is 0 Å². The van der Waals surface area contributed by atoms with Crippen molar-refractivity contribution in [3.8, 4) is 0 Å². The van der Waals surface area contributed by atoms with E-state index in [0.29, 0.717) is 0 Å². The third-order valence-corrected chi connectivity index (χ3v) is 6.01. The zero-order chi connectivity index (χ0) is 32.8. The molecule has 0 saturated carbocycles. The summed E-state index contributed by atoms with van der Waals surface area (Å²) in [5, 5.41) is 4.23. The van der Waals surface area contributed by atoms with Crippen LogP contribution in [0.3, 0.4) is 0 Å². The minimum atomic E-state index is 1.32. The summed E-state index contributed by atoms with van der Waals surface area (Å²) in [4.78, 5) is 2.86. The molecule has 0 spiro atoms. The quantitative estimate of drug-likeness (QED) is 0.192. The summed E-state index contributed by atoms with van der Waals surface area (Å²) in [6.07, 6.45) is 0. The molecule has 40 heavy (non-hydrogen) atoms. The smallest absolute Gasteiger partial charge is 0.00433 e. The van der Waals surface area contributed by atoms with Gasteiger partial charge in [-0.15, -0.1) is 22.7 Å². The average molecular weight is 589 g/mol. The Bertz CT molecular complexity index is 763. The topological polar surface area (TPSA) is 0 Å². The molecule has 4 aromatic rings. The molecule has 0 bridgehead atoms. The van der Waals surface area contributed by atoms with Crippen molar-refractivity contribution in [1.82, 2.24) is 0 Å². The van der Waals surface area contributed by atoms with Gasteiger partial charge >= 0.3 is 0 Å². The van der Waals surface area contributed by atoms with Crippen molar-refractivity contribution in [3.63, 3.8) is 0 Å². The van der Waals surface area contributed by atoms with E-state index in [1.165, 1.54) is 32.0 Å². The first-order valence-corrected chi connectivity index (χ1v) is 17.2. The standard InChI is InChI=1S/2C7H8.2C6H8S.6C2H6/c2*1-7-5-3-2-4-6-7;2*1-5-3-4-7-6(5)2;6*1-2/h2*2-6H,1H3;2*3-4H,1-2H3;6*1-2H3. The van der Waals surface area contributed by atoms with Crippen LogP contribution < -0.4 is 0 Å². The fraction of sp³-hybridized carbons (Fsp3) is 0.474. The van der Waals surface area contributed by atoms with E-state index in [2.05, 4.69) is 88.7 Å². The van der Waals surface area contributed by atoms with E-state index in [4.69, 9.17) is 0 Å². The molecule has 0 N–H and O–H groups in total. The molecule has 0 nitrogen and oxygen atoms in total. The summed E-state index contributed by atoms with van der Waals surface area (Å²) in [6, 6.07) is 24.8. The van der Waals surface area contributed by atoms with Crippen molar-refractivity contribution in [3.05, 3.63) is 116 Å². The zero-order valence-corrected chi connectivity index (χ0v) is 31.5. The number of benzene rings is 2. The van der Waals surface area contributed by atoms with Gasteiger partial charge in [0.25, 0.3) is 0 Å². The fourth-order valence-corrected chi connectivity index (χ4v) is 3.43.